The zero-order chi connectivity index (χ0) is 105. The van der Waals surface area contributed by atoms with Crippen molar-refractivity contribution in [3.05, 3.63) is 54.2 Å². The molecule has 0 aliphatic carbocycles. The second kappa shape index (κ2) is 60.7. The number of thioether (sulfide) groups is 1. The molecule has 0 radical (unpaired) electrons. The first-order valence-electron chi connectivity index (χ1n) is 48.3. The van der Waals surface area contributed by atoms with Crippen molar-refractivity contribution in [1.29, 1.82) is 0 Å². The van der Waals surface area contributed by atoms with Crippen LogP contribution in [0.4, 0.5) is 0 Å². The number of H-pyrrole nitrogens is 2. The highest BCUT2D eigenvalue weighted by Crippen LogP contribution is 2.22. The van der Waals surface area contributed by atoms with Crippen LogP contribution in [0, 0.1) is 17.8 Å². The van der Waals surface area contributed by atoms with Gasteiger partial charge in [-0.3, -0.25) is 95.9 Å². The van der Waals surface area contributed by atoms with E-state index in [1.165, 1.54) is 38.1 Å². The number of nitrogens with two attached hydrogens (primary N) is 5. The van der Waals surface area contributed by atoms with Gasteiger partial charge in [0.15, 0.2) is 0 Å². The molecular weight excluding hydrogens is 1870 g/mol. The van der Waals surface area contributed by atoms with Gasteiger partial charge in [-0.05, 0) is 119 Å². The van der Waals surface area contributed by atoms with Crippen molar-refractivity contribution in [1.82, 2.24) is 132 Å². The third-order valence-corrected chi connectivity index (χ3v) is 24.4. The Kier molecular flexibility index (Phi) is 50.5. The van der Waals surface area contributed by atoms with E-state index in [0.717, 1.165) is 0 Å². The molecule has 2 bridgehead atoms. The van der Waals surface area contributed by atoms with Gasteiger partial charge >= 0.3 is 0 Å². The smallest absolute Gasteiger partial charge is 0.243 e. The van der Waals surface area contributed by atoms with Crippen LogP contribution in [0.3, 0.4) is 0 Å². The van der Waals surface area contributed by atoms with Crippen LogP contribution in [0.2, 0.25) is 0 Å². The molecule has 20 amide bonds. The Morgan fingerprint density at radius 2 is 0.937 bits per heavy atom. The first kappa shape index (κ1) is 118. The maximum atomic E-state index is 14.8. The third kappa shape index (κ3) is 42.7. The van der Waals surface area contributed by atoms with Crippen LogP contribution in [0.5, 0.6) is 0 Å². The summed E-state index contributed by atoms with van der Waals surface area (Å²) < 4.78 is 0. The molecular formula is C91H150N30O20S. The van der Waals surface area contributed by atoms with E-state index in [-0.39, 0.29) is 120 Å². The van der Waals surface area contributed by atoms with Gasteiger partial charge in [0.2, 0.25) is 118 Å². The molecule has 4 saturated heterocycles. The molecule has 0 spiro atoms. The number of benzene rings is 1. The number of aromatic amines is 2. The number of para-hydroxylation sites is 1. The largest absolute Gasteiger partial charge is 0.370 e. The molecule has 4 aliphatic heterocycles. The number of primary amides is 4. The van der Waals surface area contributed by atoms with E-state index in [9.17, 15) is 95.9 Å². The Labute approximate surface area is 829 Å². The third-order valence-electron chi connectivity index (χ3n) is 23.8. The summed E-state index contributed by atoms with van der Waals surface area (Å²) in [5, 5.41) is 63.0. The van der Waals surface area contributed by atoms with Crippen LogP contribution < -0.4 is 146 Å². The normalized spacial score (nSPS) is 18.9. The number of hydrogen-bond acceptors (Lipinski definition) is 29. The summed E-state index contributed by atoms with van der Waals surface area (Å²) in [6.07, 6.45) is 3.63. The summed E-state index contributed by atoms with van der Waals surface area (Å²) in [5.41, 5.74) is 29.2. The highest BCUT2D eigenvalue weighted by molar-refractivity contribution is 7.98. The van der Waals surface area contributed by atoms with E-state index in [0.29, 0.717) is 106 Å². The van der Waals surface area contributed by atoms with Gasteiger partial charge in [-0.25, -0.2) is 4.98 Å². The number of carbonyl (C=O) groups is 20. The summed E-state index contributed by atoms with van der Waals surface area (Å²) in [4.78, 5) is 284. The van der Waals surface area contributed by atoms with Crippen LogP contribution in [0.25, 0.3) is 10.9 Å². The molecule has 13 atom stereocenters. The number of imidazole rings is 1. The van der Waals surface area contributed by atoms with Crippen molar-refractivity contribution in [3.63, 3.8) is 0 Å². The standard InChI is InChI=1S/C91H150N30O20S/c1-50(2)35-64(117-81(133)60(113-83(135)62(20-23-69(92)122)114-82(134)61-22-25-73(126)110-61)17-12-13-27-104-72(125)18-14-19-74(127)121-91-46-100-31-28-97-43-90(96,44-98-29-32-101-47-91)45-99-30-33-102-48-91)80(132)106-42-75(128)111-68(39-71(94)124)88(140)115-63(21-24-70(93)123)84(136)119-66(37-55-40-105-58-16-11-10-15-57(55)58)85(137)108-54(8)79(131)120-76(52(5)6)89(141)109-53(7)78(130)116-67(38-56-41-103-49-107-56)87(139)118-65(36-51(3)4)86(138)112-59(77(95)129)26-34-142-9/h10-11,15-16,40-41,49-54,59-68,76,97-102,105H,12-14,17-39,42-48,96H2,1-9H3,(H2,92,122)(H2,93,123)(H2,94,124)(H2,95,129)(H,103,107)(H,104,125)(H,106,132)(H,108,137)(H,109,141)(H,110,126)(H,111,128)(H,112,138)(H,113,135)(H,114,134)(H,115,140)(H,116,130)(H,117,133)(H,118,139)(H,119,136)(H,120,131)(H,121,127)/t53-,54-,59?,60-,61?,62?,63-,64?,65-,66?,67?,68?,76?,90-,91+/m0/s1. The van der Waals surface area contributed by atoms with Crippen molar-refractivity contribution < 1.29 is 95.9 Å². The summed E-state index contributed by atoms with van der Waals surface area (Å²) in [6.45, 7) is 18.7. The quantitative estimate of drug-likeness (QED) is 0.0233. The minimum absolute atomic E-state index is 0.0180. The summed E-state index contributed by atoms with van der Waals surface area (Å²) in [7, 11) is 0. The Balaban J connectivity index is 1.12. The lowest BCUT2D eigenvalue weighted by molar-refractivity contribution is -0.136. The molecule has 50 nitrogen and oxygen atoms in total. The van der Waals surface area contributed by atoms with E-state index in [4.69, 9.17) is 28.7 Å². The number of nitrogens with zero attached hydrogens (tertiary/aromatic N) is 1. The fourth-order valence-corrected chi connectivity index (χ4v) is 16.4. The van der Waals surface area contributed by atoms with Crippen molar-refractivity contribution in [2.24, 2.45) is 46.4 Å². The molecule has 142 heavy (non-hydrogen) atoms. The number of fused-ring (bicyclic) bond motifs is 16. The molecule has 7 rings (SSSR count). The SMILES string of the molecule is CSCCC(NC(=O)[C@H](CC(C)C)NC(=O)C(Cc1c[nH]cn1)NC(=O)[C@H](C)NC(=O)C(NC(=O)[C@H](C)NC(=O)C(Cc1c[nH]c2ccccc12)NC(=O)[C@H](CCC(N)=O)NC(=O)C(CC(N)=O)NC(=O)CNC(=O)C(CC(C)C)NC(=O)[C@H](CCCCNC(=O)CCCC(=O)N[C@]12CNCCNC[C@](N)(CNCCNC1)CNCCNC2)NC(=O)C(CCC(N)=O)NC(=O)C1CCC(=O)N1)C(C)C)C(N)=O. The van der Waals surface area contributed by atoms with E-state index in [2.05, 4.69) is 132 Å². The van der Waals surface area contributed by atoms with Gasteiger partial charge in [-0.2, -0.15) is 11.8 Å². The van der Waals surface area contributed by atoms with Gasteiger partial charge in [-0.15, -0.1) is 0 Å². The zero-order valence-electron chi connectivity index (χ0n) is 82.5. The predicted molar refractivity (Wildman–Crippen MR) is 525 cm³/mol. The predicted octanol–water partition coefficient (Wildman–Crippen LogP) is -9.10. The Morgan fingerprint density at radius 3 is 1.46 bits per heavy atom. The van der Waals surface area contributed by atoms with Gasteiger partial charge in [0.05, 0.1) is 36.1 Å². The van der Waals surface area contributed by atoms with Gasteiger partial charge < -0.3 is 156 Å². The van der Waals surface area contributed by atoms with Crippen molar-refractivity contribution in [2.75, 3.05) is 104 Å². The Morgan fingerprint density at radius 1 is 0.458 bits per heavy atom. The van der Waals surface area contributed by atoms with E-state index in [1.807, 2.05) is 20.1 Å². The van der Waals surface area contributed by atoms with Gasteiger partial charge in [0, 0.05) is 153 Å². The summed E-state index contributed by atoms with van der Waals surface area (Å²) in [6, 6.07) is -11.9. The first-order valence-corrected chi connectivity index (χ1v) is 49.7. The minimum Gasteiger partial charge on any atom is -0.370 e. The number of unbranched alkanes of at least 4 members (excludes halogenated alkanes) is 1. The van der Waals surface area contributed by atoms with Crippen molar-refractivity contribution in [3.8, 4) is 0 Å². The molecule has 6 heterocycles. The number of hydrogen-bond donors (Lipinski definition) is 29. The minimum atomic E-state index is -1.92. The lowest BCUT2D eigenvalue weighted by Crippen LogP contribution is -2.67. The van der Waals surface area contributed by atoms with Crippen molar-refractivity contribution >= 4 is 141 Å². The topological polar surface area (TPSA) is 781 Å². The second-order valence-corrected chi connectivity index (χ2v) is 38.6. The Bertz CT molecular complexity index is 4710. The highest BCUT2D eigenvalue weighted by Gasteiger charge is 2.40. The van der Waals surface area contributed by atoms with E-state index >= 15 is 0 Å². The average Bonchev–Trinajstić information content (AvgIpc) is 1.64. The molecule has 0 saturated carbocycles. The fourth-order valence-electron chi connectivity index (χ4n) is 16.0. The number of aromatic nitrogens is 3. The van der Waals surface area contributed by atoms with Crippen LogP contribution >= 0.6 is 11.8 Å². The summed E-state index contributed by atoms with van der Waals surface area (Å²) in [5.74, 6) is -17.8. The van der Waals surface area contributed by atoms with Gasteiger partial charge in [-0.1, -0.05) is 59.7 Å². The van der Waals surface area contributed by atoms with Crippen LogP contribution in [0.1, 0.15) is 169 Å². The van der Waals surface area contributed by atoms with E-state index < -0.39 is 234 Å². The monoisotopic (exact) mass is 2020 g/mol. The fraction of sp³-hybridized carbons (Fsp3) is 0.659. The molecule has 8 unspecified atom stereocenters. The molecule has 4 aliphatic rings. The molecule has 3 aromatic rings. The lowest BCUT2D eigenvalue weighted by Gasteiger charge is -2.37. The molecule has 790 valence electrons. The molecule has 51 heteroatoms. The molecule has 2 aromatic heterocycles. The van der Waals surface area contributed by atoms with Gasteiger partial charge in [0.1, 0.15) is 78.5 Å². The van der Waals surface area contributed by atoms with Crippen LogP contribution in [-0.2, 0) is 109 Å². The second-order valence-electron chi connectivity index (χ2n) is 37.6. The number of amides is 20. The average molecular weight is 2020 g/mol. The Hall–Kier alpha value is -12.6. The van der Waals surface area contributed by atoms with E-state index in [1.54, 1.807) is 58.2 Å². The summed E-state index contributed by atoms with van der Waals surface area (Å²) >= 11 is 1.43. The number of nitrogens with one attached hydrogen (secondary N) is 24. The van der Waals surface area contributed by atoms with Gasteiger partial charge in [0.25, 0.3) is 0 Å². The molecule has 34 N–H and O–H groups in total. The number of rotatable bonds is 57. The maximum Gasteiger partial charge on any atom is 0.243 e. The zero-order valence-corrected chi connectivity index (χ0v) is 83.3. The maximum absolute atomic E-state index is 14.8. The van der Waals surface area contributed by atoms with Crippen LogP contribution in [0.15, 0.2) is 43.0 Å². The lowest BCUT2D eigenvalue weighted by atomic mass is 9.97. The van der Waals surface area contributed by atoms with Crippen molar-refractivity contribution in [2.45, 2.75) is 261 Å². The first-order chi connectivity index (χ1) is 67.4. The highest BCUT2D eigenvalue weighted by atomic mass is 32.2. The molecule has 1 aromatic carbocycles. The van der Waals surface area contributed by atoms with Crippen LogP contribution in [-0.4, -0.2) is 326 Å². The molecule has 4 fully saturated rings. The number of carbonyl (C=O) groups excluding carboxylic acids is 20.